The SMILES string of the molecule is N#CC[C@H]1CN(c2nc(=O)n3c4c(c(-c5ccc(F)cc5F)c(Cl)cc24)SCC3)CCN1C(O)/C=C/C(F)(F)F. The average Bonchev–Trinajstić information content (AvgIpc) is 2.89. The van der Waals surface area contributed by atoms with E-state index in [0.717, 1.165) is 12.1 Å². The smallest absolute Gasteiger partial charge is 0.375 e. The van der Waals surface area contributed by atoms with Gasteiger partial charge >= 0.3 is 11.9 Å². The summed E-state index contributed by atoms with van der Waals surface area (Å²) >= 11 is 8.06. The fraction of sp³-hybridized carbons (Fsp3) is 0.346. The number of nitriles is 1. The summed E-state index contributed by atoms with van der Waals surface area (Å²) in [5.74, 6) is -0.796. The maximum absolute atomic E-state index is 14.8. The van der Waals surface area contributed by atoms with Gasteiger partial charge in [-0.05, 0) is 24.3 Å². The van der Waals surface area contributed by atoms with Crippen LogP contribution in [0.25, 0.3) is 22.0 Å². The van der Waals surface area contributed by atoms with E-state index in [-0.39, 0.29) is 48.5 Å². The van der Waals surface area contributed by atoms with E-state index in [0.29, 0.717) is 39.7 Å². The number of halogens is 6. The van der Waals surface area contributed by atoms with Crippen LogP contribution in [-0.4, -0.2) is 63.4 Å². The van der Waals surface area contributed by atoms with Gasteiger partial charge in [0.05, 0.1) is 23.0 Å². The molecule has 40 heavy (non-hydrogen) atoms. The highest BCUT2D eigenvalue weighted by Gasteiger charge is 2.34. The molecule has 0 spiro atoms. The largest absolute Gasteiger partial charge is 0.409 e. The number of hydrogen-bond donors (Lipinski definition) is 1. The number of nitrogens with zero attached hydrogens (tertiary/aromatic N) is 5. The number of benzene rings is 2. The standard InChI is InChI=1S/C26H21ClF5N5O2S/c27-18-12-17-22-23(21(18)16-2-1-14(28)11-19(16)29)40-10-9-37(22)25(39)34-24(17)35-7-8-36(15(13-35)4-6-33)20(38)3-5-26(30,31)32/h1-3,5,11-12,15,20,38H,4,7-10,13H2/b5-3+/t15-,20?/m0/s1. The highest BCUT2D eigenvalue weighted by molar-refractivity contribution is 7.99. The maximum atomic E-state index is 14.8. The molecule has 1 aromatic heterocycles. The number of aromatic nitrogens is 2. The van der Waals surface area contributed by atoms with Crippen LogP contribution in [0.3, 0.4) is 0 Å². The number of thioether (sulfide) groups is 1. The molecule has 14 heteroatoms. The van der Waals surface area contributed by atoms with Crippen LogP contribution in [-0.2, 0) is 6.54 Å². The van der Waals surface area contributed by atoms with Crippen LogP contribution in [0.4, 0.5) is 27.8 Å². The molecule has 0 radical (unpaired) electrons. The summed E-state index contributed by atoms with van der Waals surface area (Å²) in [4.78, 5) is 21.1. The van der Waals surface area contributed by atoms with Gasteiger partial charge < -0.3 is 10.0 Å². The molecule has 2 atom stereocenters. The zero-order valence-electron chi connectivity index (χ0n) is 20.6. The van der Waals surface area contributed by atoms with Crippen LogP contribution >= 0.6 is 23.4 Å². The number of anilines is 1. The van der Waals surface area contributed by atoms with Crippen molar-refractivity contribution in [1.29, 1.82) is 5.26 Å². The Morgan fingerprint density at radius 3 is 2.73 bits per heavy atom. The fourth-order valence-electron chi connectivity index (χ4n) is 5.14. The van der Waals surface area contributed by atoms with Gasteiger partial charge in [-0.3, -0.25) is 9.47 Å². The summed E-state index contributed by atoms with van der Waals surface area (Å²) in [5.41, 5.74) is 0.346. The minimum atomic E-state index is -4.60. The third-order valence-corrected chi connectivity index (χ3v) is 8.23. The second kappa shape index (κ2) is 11.0. The summed E-state index contributed by atoms with van der Waals surface area (Å²) in [5, 5.41) is 20.4. The van der Waals surface area contributed by atoms with Crippen molar-refractivity contribution >= 4 is 40.1 Å². The lowest BCUT2D eigenvalue weighted by molar-refractivity contribution is -0.0822. The van der Waals surface area contributed by atoms with E-state index in [2.05, 4.69) is 4.98 Å². The van der Waals surface area contributed by atoms with Crippen molar-refractivity contribution in [3.8, 4) is 17.2 Å². The molecule has 1 unspecified atom stereocenters. The lowest BCUT2D eigenvalue weighted by Gasteiger charge is -2.43. The van der Waals surface area contributed by atoms with E-state index in [1.807, 2.05) is 6.07 Å². The third kappa shape index (κ3) is 5.41. The zero-order valence-corrected chi connectivity index (χ0v) is 22.2. The molecule has 1 saturated heterocycles. The van der Waals surface area contributed by atoms with Crippen LogP contribution < -0.4 is 10.6 Å². The van der Waals surface area contributed by atoms with E-state index < -0.39 is 35.8 Å². The lowest BCUT2D eigenvalue weighted by atomic mass is 10.0. The van der Waals surface area contributed by atoms with Crippen LogP contribution in [0.2, 0.25) is 5.02 Å². The Labute approximate surface area is 234 Å². The van der Waals surface area contributed by atoms with Gasteiger partial charge in [-0.1, -0.05) is 11.6 Å². The number of alkyl halides is 3. The quantitative estimate of drug-likeness (QED) is 0.329. The number of rotatable bonds is 5. The monoisotopic (exact) mass is 597 g/mol. The molecule has 3 heterocycles. The van der Waals surface area contributed by atoms with E-state index >= 15 is 0 Å². The van der Waals surface area contributed by atoms with E-state index in [1.54, 1.807) is 11.0 Å². The van der Waals surface area contributed by atoms with E-state index in [4.69, 9.17) is 11.6 Å². The molecule has 1 fully saturated rings. The maximum Gasteiger partial charge on any atom is 0.409 e. The molecule has 0 bridgehead atoms. The van der Waals surface area contributed by atoms with Crippen LogP contribution in [0, 0.1) is 23.0 Å². The topological polar surface area (TPSA) is 85.4 Å². The van der Waals surface area contributed by atoms with Crippen molar-refractivity contribution < 1.29 is 27.1 Å². The van der Waals surface area contributed by atoms with Gasteiger partial charge in [0.25, 0.3) is 0 Å². The summed E-state index contributed by atoms with van der Waals surface area (Å²) in [6.45, 7) is 0.690. The van der Waals surface area contributed by atoms with Crippen molar-refractivity contribution in [2.45, 2.75) is 36.3 Å². The molecule has 0 aliphatic carbocycles. The number of aliphatic hydroxyl groups is 1. The average molecular weight is 598 g/mol. The van der Waals surface area contributed by atoms with Crippen molar-refractivity contribution in [2.75, 3.05) is 30.3 Å². The zero-order chi connectivity index (χ0) is 28.8. The number of hydrogen-bond acceptors (Lipinski definition) is 7. The molecule has 1 N–H and O–H groups in total. The lowest BCUT2D eigenvalue weighted by Crippen LogP contribution is -2.56. The predicted octanol–water partition coefficient (Wildman–Crippen LogP) is 4.94. The van der Waals surface area contributed by atoms with Gasteiger partial charge in [0, 0.05) is 71.5 Å². The molecule has 7 nitrogen and oxygen atoms in total. The van der Waals surface area contributed by atoms with Crippen molar-refractivity contribution in [1.82, 2.24) is 14.5 Å². The molecule has 5 rings (SSSR count). The van der Waals surface area contributed by atoms with Crippen LogP contribution in [0.1, 0.15) is 6.42 Å². The van der Waals surface area contributed by atoms with Gasteiger partial charge in [-0.25, -0.2) is 13.6 Å². The number of aryl methyl sites for hydroxylation is 1. The summed E-state index contributed by atoms with van der Waals surface area (Å²) in [7, 11) is 0. The van der Waals surface area contributed by atoms with Gasteiger partial charge in [-0.2, -0.15) is 23.4 Å². The molecule has 2 aliphatic heterocycles. The minimum absolute atomic E-state index is 0.0522. The summed E-state index contributed by atoms with van der Waals surface area (Å²) < 4.78 is 67.8. The highest BCUT2D eigenvalue weighted by Crippen LogP contribution is 2.46. The molecule has 210 valence electrons. The Morgan fingerprint density at radius 1 is 1.25 bits per heavy atom. The molecular formula is C26H21ClF5N5O2S. The third-order valence-electron chi connectivity index (χ3n) is 6.86. The second-order valence-corrected chi connectivity index (χ2v) is 10.8. The number of allylic oxidation sites excluding steroid dienone is 1. The normalized spacial score (nSPS) is 18.9. The fourth-order valence-corrected chi connectivity index (χ4v) is 6.70. The summed E-state index contributed by atoms with van der Waals surface area (Å²) in [6.07, 6.45) is -5.70. The van der Waals surface area contributed by atoms with Crippen LogP contribution in [0.15, 0.2) is 46.1 Å². The molecule has 2 aromatic carbocycles. The first-order valence-corrected chi connectivity index (χ1v) is 13.5. The molecule has 2 aliphatic rings. The van der Waals surface area contributed by atoms with Gasteiger partial charge in [0.2, 0.25) is 0 Å². The number of piperazine rings is 1. The molecule has 3 aromatic rings. The van der Waals surface area contributed by atoms with Crippen molar-refractivity contribution in [3.63, 3.8) is 0 Å². The Morgan fingerprint density at radius 2 is 2.02 bits per heavy atom. The molecule has 0 amide bonds. The van der Waals surface area contributed by atoms with E-state index in [1.165, 1.54) is 27.3 Å². The first kappa shape index (κ1) is 28.4. The first-order chi connectivity index (χ1) is 19.0. The highest BCUT2D eigenvalue weighted by atomic mass is 35.5. The molecular weight excluding hydrogens is 577 g/mol. The van der Waals surface area contributed by atoms with Gasteiger partial charge in [-0.15, -0.1) is 11.8 Å². The molecule has 0 saturated carbocycles. The minimum Gasteiger partial charge on any atom is -0.375 e. The number of aliphatic hydroxyl groups excluding tert-OH is 1. The van der Waals surface area contributed by atoms with Gasteiger partial charge in [0.1, 0.15) is 23.7 Å². The van der Waals surface area contributed by atoms with Crippen LogP contribution in [0.5, 0.6) is 0 Å². The van der Waals surface area contributed by atoms with Crippen molar-refractivity contribution in [2.24, 2.45) is 0 Å². The second-order valence-electron chi connectivity index (χ2n) is 9.32. The predicted molar refractivity (Wildman–Crippen MR) is 141 cm³/mol. The Balaban J connectivity index is 1.59. The Bertz CT molecular complexity index is 1610. The van der Waals surface area contributed by atoms with E-state index in [9.17, 15) is 37.1 Å². The Kier molecular flexibility index (Phi) is 7.80. The van der Waals surface area contributed by atoms with Crippen molar-refractivity contribution in [3.05, 3.63) is 63.6 Å². The first-order valence-electron chi connectivity index (χ1n) is 12.2. The summed E-state index contributed by atoms with van der Waals surface area (Å²) in [6, 6.07) is 6.06. The Hall–Kier alpha value is -3.18. The van der Waals surface area contributed by atoms with Gasteiger partial charge in [0.15, 0.2) is 0 Å².